The molecule has 0 amide bonds. The normalized spacial score (nSPS) is 10.1. The number of aromatic nitrogens is 2. The number of nitrogens with one attached hydrogen (secondary N) is 1. The van der Waals surface area contributed by atoms with Crippen molar-refractivity contribution in [2.75, 3.05) is 6.26 Å². The fourth-order valence-corrected chi connectivity index (χ4v) is 2.21. The van der Waals surface area contributed by atoms with Crippen LogP contribution in [0.5, 0.6) is 0 Å². The number of nitrogens with zero attached hydrogens (tertiary/aromatic N) is 2. The minimum Gasteiger partial charge on any atom is -0.344 e. The van der Waals surface area contributed by atoms with Gasteiger partial charge in [-0.3, -0.25) is 9.78 Å². The summed E-state index contributed by atoms with van der Waals surface area (Å²) in [7, 11) is 0. The van der Waals surface area contributed by atoms with Crippen molar-refractivity contribution in [2.24, 2.45) is 0 Å². The summed E-state index contributed by atoms with van der Waals surface area (Å²) in [6.45, 7) is 1.95. The molecule has 2 heterocycles. The summed E-state index contributed by atoms with van der Waals surface area (Å²) < 4.78 is 0. The second kappa shape index (κ2) is 5.07. The third-order valence-electron chi connectivity index (χ3n) is 2.49. The van der Waals surface area contributed by atoms with Crippen molar-refractivity contribution >= 4 is 11.8 Å². The van der Waals surface area contributed by atoms with Crippen LogP contribution in [-0.2, 0) is 0 Å². The predicted molar refractivity (Wildman–Crippen MR) is 71.5 cm³/mol. The summed E-state index contributed by atoms with van der Waals surface area (Å²) in [5.74, 6) is 0. The highest BCUT2D eigenvalue weighted by Gasteiger charge is 2.10. The fraction of sp³-hybridized carbons (Fsp3) is 0.154. The van der Waals surface area contributed by atoms with Gasteiger partial charge < -0.3 is 4.98 Å². The summed E-state index contributed by atoms with van der Waals surface area (Å²) in [5.41, 5.74) is 2.41. The first kappa shape index (κ1) is 12.4. The molecule has 0 aliphatic rings. The highest BCUT2D eigenvalue weighted by atomic mass is 32.2. The van der Waals surface area contributed by atoms with Crippen LogP contribution in [0.4, 0.5) is 0 Å². The quantitative estimate of drug-likeness (QED) is 0.838. The van der Waals surface area contributed by atoms with Gasteiger partial charge >= 0.3 is 0 Å². The van der Waals surface area contributed by atoms with Crippen LogP contribution < -0.4 is 5.43 Å². The van der Waals surface area contributed by atoms with Crippen LogP contribution in [0.25, 0.3) is 11.4 Å². The standard InChI is InChI=1S/C13H11N3OS/c1-8-3-4-15-9(5-8)10-6-12(17)13(18-2)11(7-14)16-10/h3-6H,1-2H3,(H,16,17). The molecule has 0 bridgehead atoms. The Labute approximate surface area is 109 Å². The third-order valence-corrected chi connectivity index (χ3v) is 3.31. The minimum atomic E-state index is -0.156. The topological polar surface area (TPSA) is 69.5 Å². The van der Waals surface area contributed by atoms with E-state index in [2.05, 4.69) is 9.97 Å². The first-order chi connectivity index (χ1) is 8.65. The van der Waals surface area contributed by atoms with E-state index in [-0.39, 0.29) is 11.1 Å². The number of hydrogen-bond acceptors (Lipinski definition) is 4. The second-order valence-corrected chi connectivity index (χ2v) is 4.60. The van der Waals surface area contributed by atoms with E-state index in [0.717, 1.165) is 5.56 Å². The molecule has 2 aromatic rings. The van der Waals surface area contributed by atoms with Crippen molar-refractivity contribution in [3.05, 3.63) is 45.9 Å². The molecule has 0 fully saturated rings. The Morgan fingerprint density at radius 3 is 2.83 bits per heavy atom. The van der Waals surface area contributed by atoms with Crippen molar-refractivity contribution < 1.29 is 0 Å². The van der Waals surface area contributed by atoms with Gasteiger partial charge in [-0.05, 0) is 30.9 Å². The predicted octanol–water partition coefficient (Wildman–Crippen LogP) is 2.34. The molecule has 0 saturated heterocycles. The molecule has 2 aromatic heterocycles. The number of H-pyrrole nitrogens is 1. The molecular weight excluding hydrogens is 246 g/mol. The largest absolute Gasteiger partial charge is 0.344 e. The van der Waals surface area contributed by atoms with Crippen LogP contribution >= 0.6 is 11.8 Å². The monoisotopic (exact) mass is 257 g/mol. The van der Waals surface area contributed by atoms with Crippen molar-refractivity contribution in [2.45, 2.75) is 11.8 Å². The molecule has 0 aromatic carbocycles. The molecule has 1 N–H and O–H groups in total. The summed E-state index contributed by atoms with van der Waals surface area (Å²) in [4.78, 5) is 19.5. The molecular formula is C13H11N3OS. The fourth-order valence-electron chi connectivity index (χ4n) is 1.65. The van der Waals surface area contributed by atoms with Crippen molar-refractivity contribution in [1.82, 2.24) is 9.97 Å². The van der Waals surface area contributed by atoms with Crippen molar-refractivity contribution in [1.29, 1.82) is 5.26 Å². The maximum Gasteiger partial charge on any atom is 0.197 e. The molecule has 0 atom stereocenters. The smallest absolute Gasteiger partial charge is 0.197 e. The molecule has 0 aliphatic heterocycles. The van der Waals surface area contributed by atoms with Gasteiger partial charge in [0.1, 0.15) is 11.8 Å². The highest BCUT2D eigenvalue weighted by molar-refractivity contribution is 7.98. The first-order valence-electron chi connectivity index (χ1n) is 5.30. The van der Waals surface area contributed by atoms with E-state index in [0.29, 0.717) is 16.3 Å². The number of rotatable bonds is 2. The lowest BCUT2D eigenvalue weighted by Crippen LogP contribution is -2.08. The number of nitriles is 1. The average molecular weight is 257 g/mol. The van der Waals surface area contributed by atoms with E-state index in [9.17, 15) is 4.79 Å². The number of pyridine rings is 2. The minimum absolute atomic E-state index is 0.156. The Bertz CT molecular complexity index is 685. The van der Waals surface area contributed by atoms with E-state index >= 15 is 0 Å². The number of aromatic amines is 1. The van der Waals surface area contributed by atoms with E-state index in [1.165, 1.54) is 17.8 Å². The summed E-state index contributed by atoms with van der Waals surface area (Å²) in [6.07, 6.45) is 3.45. The number of thioether (sulfide) groups is 1. The first-order valence-corrected chi connectivity index (χ1v) is 6.52. The average Bonchev–Trinajstić information content (AvgIpc) is 2.37. The zero-order chi connectivity index (χ0) is 13.1. The van der Waals surface area contributed by atoms with Crippen molar-refractivity contribution in [3.63, 3.8) is 0 Å². The number of aryl methyl sites for hydroxylation is 1. The lowest BCUT2D eigenvalue weighted by Gasteiger charge is -2.05. The Morgan fingerprint density at radius 1 is 1.44 bits per heavy atom. The van der Waals surface area contributed by atoms with Gasteiger partial charge in [0.25, 0.3) is 0 Å². The van der Waals surface area contributed by atoms with E-state index in [1.807, 2.05) is 25.1 Å². The highest BCUT2D eigenvalue weighted by Crippen LogP contribution is 2.19. The van der Waals surface area contributed by atoms with Crippen LogP contribution in [0.1, 0.15) is 11.3 Å². The summed E-state index contributed by atoms with van der Waals surface area (Å²) >= 11 is 1.27. The zero-order valence-electron chi connectivity index (χ0n) is 10.0. The van der Waals surface area contributed by atoms with Crippen LogP contribution in [0.3, 0.4) is 0 Å². The second-order valence-electron chi connectivity index (χ2n) is 3.79. The molecule has 0 unspecified atom stereocenters. The molecule has 5 heteroatoms. The van der Waals surface area contributed by atoms with E-state index < -0.39 is 0 Å². The SMILES string of the molecule is CSc1c(C#N)[nH]c(-c2cc(C)ccn2)cc1=O. The Morgan fingerprint density at radius 2 is 2.22 bits per heavy atom. The maximum atomic E-state index is 11.9. The van der Waals surface area contributed by atoms with Gasteiger partial charge in [0.05, 0.1) is 16.3 Å². The van der Waals surface area contributed by atoms with Gasteiger partial charge in [-0.2, -0.15) is 5.26 Å². The molecule has 4 nitrogen and oxygen atoms in total. The lowest BCUT2D eigenvalue weighted by atomic mass is 10.2. The van der Waals surface area contributed by atoms with Gasteiger partial charge in [-0.15, -0.1) is 11.8 Å². The number of hydrogen-bond donors (Lipinski definition) is 1. The molecule has 0 radical (unpaired) electrons. The van der Waals surface area contributed by atoms with Gasteiger partial charge in [0, 0.05) is 12.3 Å². The van der Waals surface area contributed by atoms with Crippen LogP contribution in [0.15, 0.2) is 34.1 Å². The van der Waals surface area contributed by atoms with Gasteiger partial charge in [0.2, 0.25) is 0 Å². The maximum absolute atomic E-state index is 11.9. The van der Waals surface area contributed by atoms with Gasteiger partial charge in [0.15, 0.2) is 5.43 Å². The van der Waals surface area contributed by atoms with Gasteiger partial charge in [-0.1, -0.05) is 0 Å². The Kier molecular flexibility index (Phi) is 3.49. The Balaban J connectivity index is 2.65. The summed E-state index contributed by atoms with van der Waals surface area (Å²) in [6, 6.07) is 7.23. The molecule has 90 valence electrons. The summed E-state index contributed by atoms with van der Waals surface area (Å²) in [5, 5.41) is 9.05. The van der Waals surface area contributed by atoms with Crippen LogP contribution in [0, 0.1) is 18.3 Å². The molecule has 2 rings (SSSR count). The molecule has 0 spiro atoms. The van der Waals surface area contributed by atoms with E-state index in [4.69, 9.17) is 5.26 Å². The third kappa shape index (κ3) is 2.29. The zero-order valence-corrected chi connectivity index (χ0v) is 10.8. The molecule has 0 saturated carbocycles. The van der Waals surface area contributed by atoms with Gasteiger partial charge in [-0.25, -0.2) is 0 Å². The molecule has 0 aliphatic carbocycles. The van der Waals surface area contributed by atoms with Crippen LogP contribution in [-0.4, -0.2) is 16.2 Å². The Hall–Kier alpha value is -2.06. The van der Waals surface area contributed by atoms with Crippen LogP contribution in [0.2, 0.25) is 0 Å². The van der Waals surface area contributed by atoms with E-state index in [1.54, 1.807) is 12.5 Å². The van der Waals surface area contributed by atoms with Crippen molar-refractivity contribution in [3.8, 4) is 17.5 Å². The molecule has 18 heavy (non-hydrogen) atoms. The lowest BCUT2D eigenvalue weighted by molar-refractivity contribution is 1.13.